The van der Waals surface area contributed by atoms with Crippen molar-refractivity contribution in [2.75, 3.05) is 33.4 Å². The van der Waals surface area contributed by atoms with Crippen LogP contribution in [0.15, 0.2) is 47.4 Å². The first-order chi connectivity index (χ1) is 13.8. The molecule has 0 spiro atoms. The molecule has 1 saturated heterocycles. The first-order valence-corrected chi connectivity index (χ1v) is 10.9. The molecule has 0 bridgehead atoms. The number of hydrogen-bond donors (Lipinski definition) is 1. The van der Waals surface area contributed by atoms with Crippen LogP contribution in [-0.4, -0.2) is 52.6 Å². The Balaban J connectivity index is 1.68. The van der Waals surface area contributed by atoms with Crippen LogP contribution in [0.4, 0.5) is 0 Å². The van der Waals surface area contributed by atoms with Crippen molar-refractivity contribution in [1.82, 2.24) is 9.62 Å². The second-order valence-electron chi connectivity index (χ2n) is 7.02. The minimum absolute atomic E-state index is 0.0278. The van der Waals surface area contributed by atoms with Crippen LogP contribution < -0.4 is 9.46 Å². The minimum atomic E-state index is -3.90. The van der Waals surface area contributed by atoms with Gasteiger partial charge in [-0.05, 0) is 42.7 Å². The predicted molar refractivity (Wildman–Crippen MR) is 109 cm³/mol. The van der Waals surface area contributed by atoms with E-state index in [1.54, 1.807) is 17.0 Å². The summed E-state index contributed by atoms with van der Waals surface area (Å²) in [6.07, 6.45) is -0.217. The lowest BCUT2D eigenvalue weighted by Crippen LogP contribution is -2.46. The van der Waals surface area contributed by atoms with Crippen molar-refractivity contribution in [1.29, 1.82) is 0 Å². The minimum Gasteiger partial charge on any atom is -0.495 e. The lowest BCUT2D eigenvalue weighted by Gasteiger charge is -2.33. The summed E-state index contributed by atoms with van der Waals surface area (Å²) in [5, 5.41) is 0. The molecule has 29 heavy (non-hydrogen) atoms. The molecule has 1 atom stereocenters. The van der Waals surface area contributed by atoms with E-state index in [1.807, 2.05) is 44.2 Å². The monoisotopic (exact) mass is 418 g/mol. The maximum absolute atomic E-state index is 12.8. The number of aryl methyl sites for hydroxylation is 2. The van der Waals surface area contributed by atoms with Gasteiger partial charge in [0.1, 0.15) is 16.7 Å². The maximum Gasteiger partial charge on any atom is 0.244 e. The van der Waals surface area contributed by atoms with Crippen molar-refractivity contribution >= 4 is 15.9 Å². The summed E-state index contributed by atoms with van der Waals surface area (Å²) in [6.45, 7) is 4.61. The third-order valence-electron chi connectivity index (χ3n) is 5.07. The third kappa shape index (κ3) is 4.95. The van der Waals surface area contributed by atoms with E-state index in [0.717, 1.165) is 16.7 Å². The largest absolute Gasteiger partial charge is 0.495 e. The van der Waals surface area contributed by atoms with Gasteiger partial charge in [0.05, 0.1) is 26.8 Å². The number of amides is 1. The Kier molecular flexibility index (Phi) is 6.56. The number of sulfonamides is 1. The summed E-state index contributed by atoms with van der Waals surface area (Å²) < 4.78 is 38.9. The van der Waals surface area contributed by atoms with Gasteiger partial charge in [-0.25, -0.2) is 13.1 Å². The van der Waals surface area contributed by atoms with E-state index in [9.17, 15) is 13.2 Å². The zero-order valence-corrected chi connectivity index (χ0v) is 17.7. The lowest BCUT2D eigenvalue weighted by atomic mass is 10.1. The van der Waals surface area contributed by atoms with Crippen molar-refractivity contribution < 1.29 is 22.7 Å². The number of rotatable bonds is 6. The number of benzene rings is 2. The average Bonchev–Trinajstić information content (AvgIpc) is 2.74. The molecule has 1 fully saturated rings. The molecule has 2 aromatic rings. The quantitative estimate of drug-likeness (QED) is 0.777. The second kappa shape index (κ2) is 8.94. The van der Waals surface area contributed by atoms with E-state index in [1.165, 1.54) is 7.11 Å². The Bertz CT molecular complexity index is 976. The molecule has 2 aromatic carbocycles. The maximum atomic E-state index is 12.8. The van der Waals surface area contributed by atoms with Crippen molar-refractivity contribution in [2.45, 2.75) is 24.8 Å². The zero-order chi connectivity index (χ0) is 21.0. The van der Waals surface area contributed by atoms with Crippen LogP contribution in [0.3, 0.4) is 0 Å². The van der Waals surface area contributed by atoms with Crippen LogP contribution in [0, 0.1) is 13.8 Å². The van der Waals surface area contributed by atoms with E-state index in [0.29, 0.717) is 19.7 Å². The van der Waals surface area contributed by atoms with Crippen molar-refractivity contribution in [3.8, 4) is 5.75 Å². The molecule has 1 amide bonds. The Hall–Kier alpha value is -2.42. The third-order valence-corrected chi connectivity index (χ3v) is 6.50. The molecule has 0 saturated carbocycles. The van der Waals surface area contributed by atoms with Crippen LogP contribution in [0.25, 0.3) is 0 Å². The molecule has 1 heterocycles. The fraction of sp³-hybridized carbons (Fsp3) is 0.381. The van der Waals surface area contributed by atoms with Crippen LogP contribution in [-0.2, 0) is 19.6 Å². The number of morpholine rings is 1. The van der Waals surface area contributed by atoms with E-state index in [-0.39, 0.29) is 29.2 Å². The molecule has 1 aliphatic rings. The van der Waals surface area contributed by atoms with Gasteiger partial charge in [0.2, 0.25) is 15.9 Å². The topological polar surface area (TPSA) is 84.9 Å². The molecule has 3 rings (SSSR count). The van der Waals surface area contributed by atoms with Gasteiger partial charge in [0, 0.05) is 6.54 Å². The summed E-state index contributed by atoms with van der Waals surface area (Å²) in [4.78, 5) is 14.3. The van der Waals surface area contributed by atoms with Gasteiger partial charge in [-0.1, -0.05) is 30.3 Å². The summed E-state index contributed by atoms with van der Waals surface area (Å²) in [5.41, 5.74) is 2.75. The van der Waals surface area contributed by atoms with E-state index >= 15 is 0 Å². The molecule has 1 aliphatic heterocycles. The number of nitrogens with zero attached hydrogens (tertiary/aromatic N) is 1. The molecule has 0 radical (unpaired) electrons. The van der Waals surface area contributed by atoms with Crippen LogP contribution in [0.2, 0.25) is 0 Å². The summed E-state index contributed by atoms with van der Waals surface area (Å²) in [6, 6.07) is 12.9. The SMILES string of the molecule is COc1cc(C)c(C)cc1S(=O)(=O)NCC(=O)N1CCO[C@H](c2ccccc2)C1. The van der Waals surface area contributed by atoms with E-state index < -0.39 is 10.0 Å². The number of hydrogen-bond acceptors (Lipinski definition) is 5. The first kappa shape index (κ1) is 21.3. The van der Waals surface area contributed by atoms with Crippen LogP contribution in [0.5, 0.6) is 5.75 Å². The van der Waals surface area contributed by atoms with E-state index in [4.69, 9.17) is 9.47 Å². The smallest absolute Gasteiger partial charge is 0.244 e. The van der Waals surface area contributed by atoms with Crippen LogP contribution in [0.1, 0.15) is 22.8 Å². The molecule has 1 N–H and O–H groups in total. The standard InChI is InChI=1S/C21H26N2O5S/c1-15-11-18(27-3)20(12-16(15)2)29(25,26)22-13-21(24)23-9-10-28-19(14-23)17-7-5-4-6-8-17/h4-8,11-12,19,22H,9-10,13-14H2,1-3H3/t19-/m0/s1. The zero-order valence-electron chi connectivity index (χ0n) is 16.8. The Morgan fingerprint density at radius 2 is 1.90 bits per heavy atom. The molecule has 8 heteroatoms. The number of ether oxygens (including phenoxy) is 2. The Morgan fingerprint density at radius 3 is 2.59 bits per heavy atom. The van der Waals surface area contributed by atoms with E-state index in [2.05, 4.69) is 4.72 Å². The number of carbonyl (C=O) groups excluding carboxylic acids is 1. The van der Waals surface area contributed by atoms with Crippen molar-refractivity contribution in [2.24, 2.45) is 0 Å². The molecular weight excluding hydrogens is 392 g/mol. The Labute approximate surface area is 171 Å². The van der Waals surface area contributed by atoms with Gasteiger partial charge >= 0.3 is 0 Å². The molecule has 0 aromatic heterocycles. The second-order valence-corrected chi connectivity index (χ2v) is 8.76. The fourth-order valence-electron chi connectivity index (χ4n) is 3.22. The number of nitrogens with one attached hydrogen (secondary N) is 1. The molecular formula is C21H26N2O5S. The van der Waals surface area contributed by atoms with Gasteiger partial charge in [0.25, 0.3) is 0 Å². The summed E-state index contributed by atoms with van der Waals surface area (Å²) in [5.74, 6) is -0.0378. The number of methoxy groups -OCH3 is 1. The lowest BCUT2D eigenvalue weighted by molar-refractivity contribution is -0.137. The van der Waals surface area contributed by atoms with Crippen molar-refractivity contribution in [3.05, 3.63) is 59.2 Å². The summed E-state index contributed by atoms with van der Waals surface area (Å²) >= 11 is 0. The highest BCUT2D eigenvalue weighted by Gasteiger charge is 2.27. The number of carbonyl (C=O) groups is 1. The average molecular weight is 419 g/mol. The first-order valence-electron chi connectivity index (χ1n) is 9.41. The highest BCUT2D eigenvalue weighted by Crippen LogP contribution is 2.27. The normalized spacial score (nSPS) is 17.2. The van der Waals surface area contributed by atoms with Gasteiger partial charge in [-0.15, -0.1) is 0 Å². The molecule has 0 aliphatic carbocycles. The highest BCUT2D eigenvalue weighted by molar-refractivity contribution is 7.89. The fourth-order valence-corrected chi connectivity index (χ4v) is 4.43. The highest BCUT2D eigenvalue weighted by atomic mass is 32.2. The van der Waals surface area contributed by atoms with Gasteiger partial charge < -0.3 is 14.4 Å². The Morgan fingerprint density at radius 1 is 1.21 bits per heavy atom. The van der Waals surface area contributed by atoms with Gasteiger partial charge in [0.15, 0.2) is 0 Å². The van der Waals surface area contributed by atoms with Crippen molar-refractivity contribution in [3.63, 3.8) is 0 Å². The van der Waals surface area contributed by atoms with Gasteiger partial charge in [-0.2, -0.15) is 0 Å². The van der Waals surface area contributed by atoms with Gasteiger partial charge in [-0.3, -0.25) is 4.79 Å². The predicted octanol–water partition coefficient (Wildman–Crippen LogP) is 2.19. The summed E-state index contributed by atoms with van der Waals surface area (Å²) in [7, 11) is -2.47. The molecule has 156 valence electrons. The molecule has 7 nitrogen and oxygen atoms in total. The van der Waals surface area contributed by atoms with Crippen LogP contribution >= 0.6 is 0 Å². The molecule has 0 unspecified atom stereocenters.